The van der Waals surface area contributed by atoms with Crippen molar-refractivity contribution < 1.29 is 13.2 Å². The predicted octanol–water partition coefficient (Wildman–Crippen LogP) is 3.90. The lowest BCUT2D eigenvalue weighted by Gasteiger charge is -2.24. The van der Waals surface area contributed by atoms with Crippen LogP contribution < -0.4 is 16.0 Å². The van der Waals surface area contributed by atoms with Crippen molar-refractivity contribution >= 4 is 33.0 Å². The fraction of sp³-hybridized carbons (Fsp3) is 0.200. The molecule has 8 heteroatoms. The van der Waals surface area contributed by atoms with Crippen molar-refractivity contribution in [1.82, 2.24) is 0 Å². The topological polar surface area (TPSA) is 116 Å². The molecule has 4 N–H and O–H groups in total. The molecule has 3 rings (SSSR count). The van der Waals surface area contributed by atoms with E-state index in [0.29, 0.717) is 23.4 Å². The molecule has 7 nitrogen and oxygen atoms in total. The second-order valence-electron chi connectivity index (χ2n) is 7.78. The molecule has 0 heterocycles. The van der Waals surface area contributed by atoms with Crippen LogP contribution in [-0.4, -0.2) is 39.5 Å². The molecule has 0 aliphatic heterocycles. The zero-order valence-electron chi connectivity index (χ0n) is 18.7. The minimum atomic E-state index is -3.36. The fourth-order valence-electron chi connectivity index (χ4n) is 3.57. The Morgan fingerprint density at radius 3 is 2.36 bits per heavy atom. The van der Waals surface area contributed by atoms with Crippen LogP contribution in [0.15, 0.2) is 77.7 Å². The standard InChI is InChI=1S/C25H28N4O3S/c1-3-15-29(21-8-6-7-19(16-21)25(26)27)17-24(30)28-20-13-11-18(12-14-20)22-9-4-5-10-23(22)33(2,31)32/h4-14,16H,3,15,17H2,1-2H3,(H3,26,27)(H,28,30). The minimum Gasteiger partial charge on any atom is -0.384 e. The molecule has 172 valence electrons. The highest BCUT2D eigenvalue weighted by Gasteiger charge is 2.15. The number of rotatable bonds is 9. The zero-order chi connectivity index (χ0) is 24.0. The van der Waals surface area contributed by atoms with Crippen LogP contribution in [0.2, 0.25) is 0 Å². The van der Waals surface area contributed by atoms with E-state index < -0.39 is 9.84 Å². The molecule has 0 aromatic heterocycles. The lowest BCUT2D eigenvalue weighted by atomic mass is 10.1. The molecule has 0 atom stereocenters. The number of sulfone groups is 1. The number of nitrogen functional groups attached to an aromatic ring is 1. The first-order chi connectivity index (χ1) is 15.7. The monoisotopic (exact) mass is 464 g/mol. The maximum atomic E-state index is 12.7. The van der Waals surface area contributed by atoms with Crippen molar-refractivity contribution in [3.63, 3.8) is 0 Å². The molecular weight excluding hydrogens is 436 g/mol. The molecule has 0 bridgehead atoms. The molecule has 0 spiro atoms. The minimum absolute atomic E-state index is 0.0183. The summed E-state index contributed by atoms with van der Waals surface area (Å²) in [7, 11) is -3.36. The van der Waals surface area contributed by atoms with Gasteiger partial charge in [0.2, 0.25) is 5.91 Å². The Kier molecular flexibility index (Phi) is 7.50. The van der Waals surface area contributed by atoms with Gasteiger partial charge in [-0.25, -0.2) is 8.42 Å². The summed E-state index contributed by atoms with van der Waals surface area (Å²) in [4.78, 5) is 14.9. The summed E-state index contributed by atoms with van der Waals surface area (Å²) in [5.41, 5.74) is 9.03. The van der Waals surface area contributed by atoms with E-state index in [4.69, 9.17) is 11.1 Å². The summed E-state index contributed by atoms with van der Waals surface area (Å²) >= 11 is 0. The number of carbonyl (C=O) groups is 1. The molecule has 0 unspecified atom stereocenters. The van der Waals surface area contributed by atoms with Crippen molar-refractivity contribution in [3.05, 3.63) is 78.4 Å². The Labute approximate surface area is 194 Å². The number of carbonyl (C=O) groups excluding carboxylic acids is 1. The van der Waals surface area contributed by atoms with Crippen LogP contribution in [0.5, 0.6) is 0 Å². The second kappa shape index (κ2) is 10.3. The Balaban J connectivity index is 1.74. The zero-order valence-corrected chi connectivity index (χ0v) is 19.5. The Morgan fingerprint density at radius 1 is 1.03 bits per heavy atom. The van der Waals surface area contributed by atoms with Crippen molar-refractivity contribution in [2.24, 2.45) is 5.73 Å². The SMILES string of the molecule is CCCN(CC(=O)Nc1ccc(-c2ccccc2S(C)(=O)=O)cc1)c1cccc(C(=N)N)c1. The number of amidine groups is 1. The van der Waals surface area contributed by atoms with E-state index in [9.17, 15) is 13.2 Å². The first kappa shape index (κ1) is 24.0. The summed E-state index contributed by atoms with van der Waals surface area (Å²) in [6.07, 6.45) is 2.04. The highest BCUT2D eigenvalue weighted by molar-refractivity contribution is 7.90. The summed E-state index contributed by atoms with van der Waals surface area (Å²) in [5.74, 6) is -0.198. The molecule has 0 radical (unpaired) electrons. The Hall–Kier alpha value is -3.65. The van der Waals surface area contributed by atoms with Crippen LogP contribution in [0.3, 0.4) is 0 Å². The van der Waals surface area contributed by atoms with Crippen LogP contribution >= 0.6 is 0 Å². The fourth-order valence-corrected chi connectivity index (χ4v) is 4.49. The molecule has 0 saturated carbocycles. The first-order valence-corrected chi connectivity index (χ1v) is 12.5. The van der Waals surface area contributed by atoms with Crippen LogP contribution in [-0.2, 0) is 14.6 Å². The van der Waals surface area contributed by atoms with Crippen LogP contribution in [0.1, 0.15) is 18.9 Å². The molecule has 0 aliphatic carbocycles. The van der Waals surface area contributed by atoms with E-state index in [1.807, 2.05) is 24.0 Å². The van der Waals surface area contributed by atoms with Crippen molar-refractivity contribution in [2.75, 3.05) is 29.6 Å². The van der Waals surface area contributed by atoms with Crippen molar-refractivity contribution in [2.45, 2.75) is 18.2 Å². The molecule has 3 aromatic rings. The van der Waals surface area contributed by atoms with Crippen molar-refractivity contribution in [3.8, 4) is 11.1 Å². The summed E-state index contributed by atoms with van der Waals surface area (Å²) < 4.78 is 24.2. The largest absolute Gasteiger partial charge is 0.384 e. The van der Waals surface area contributed by atoms with Gasteiger partial charge >= 0.3 is 0 Å². The number of hydrogen-bond acceptors (Lipinski definition) is 5. The van der Waals surface area contributed by atoms with Gasteiger partial charge in [0.1, 0.15) is 5.84 Å². The van der Waals surface area contributed by atoms with Crippen molar-refractivity contribution in [1.29, 1.82) is 5.41 Å². The van der Waals surface area contributed by atoms with E-state index in [0.717, 1.165) is 17.7 Å². The summed E-state index contributed by atoms with van der Waals surface area (Å²) in [6, 6.07) is 21.2. The van der Waals surface area contributed by atoms with Gasteiger partial charge < -0.3 is 16.0 Å². The smallest absolute Gasteiger partial charge is 0.243 e. The van der Waals surface area contributed by atoms with E-state index in [-0.39, 0.29) is 23.2 Å². The van der Waals surface area contributed by atoms with E-state index >= 15 is 0 Å². The highest BCUT2D eigenvalue weighted by Crippen LogP contribution is 2.28. The van der Waals surface area contributed by atoms with Gasteiger partial charge in [-0.05, 0) is 42.3 Å². The van der Waals surface area contributed by atoms with Gasteiger partial charge in [0.15, 0.2) is 9.84 Å². The average molecular weight is 465 g/mol. The number of hydrogen-bond donors (Lipinski definition) is 3. The number of benzene rings is 3. The maximum Gasteiger partial charge on any atom is 0.243 e. The van der Waals surface area contributed by atoms with Gasteiger partial charge in [0, 0.05) is 35.3 Å². The number of nitrogens with one attached hydrogen (secondary N) is 2. The van der Waals surface area contributed by atoms with Gasteiger partial charge in [0.05, 0.1) is 11.4 Å². The van der Waals surface area contributed by atoms with Gasteiger partial charge in [0.25, 0.3) is 0 Å². The third kappa shape index (κ3) is 6.20. The number of nitrogens with zero attached hydrogens (tertiary/aromatic N) is 1. The van der Waals surface area contributed by atoms with E-state index in [2.05, 4.69) is 5.32 Å². The number of nitrogens with two attached hydrogens (primary N) is 1. The van der Waals surface area contributed by atoms with E-state index in [1.54, 1.807) is 60.7 Å². The lowest BCUT2D eigenvalue weighted by molar-refractivity contribution is -0.115. The highest BCUT2D eigenvalue weighted by atomic mass is 32.2. The molecule has 1 amide bonds. The molecule has 0 saturated heterocycles. The van der Waals surface area contributed by atoms with Crippen LogP contribution in [0.25, 0.3) is 11.1 Å². The van der Waals surface area contributed by atoms with E-state index in [1.165, 1.54) is 6.26 Å². The van der Waals surface area contributed by atoms with Gasteiger partial charge in [-0.15, -0.1) is 0 Å². The number of anilines is 2. The third-order valence-corrected chi connectivity index (χ3v) is 6.27. The van der Waals surface area contributed by atoms with Crippen LogP contribution in [0.4, 0.5) is 11.4 Å². The second-order valence-corrected chi connectivity index (χ2v) is 9.76. The van der Waals surface area contributed by atoms with Crippen LogP contribution in [0, 0.1) is 5.41 Å². The predicted molar refractivity (Wildman–Crippen MR) is 134 cm³/mol. The summed E-state index contributed by atoms with van der Waals surface area (Å²) in [6.45, 7) is 2.86. The molecule has 0 aliphatic rings. The lowest BCUT2D eigenvalue weighted by Crippen LogP contribution is -2.34. The molecule has 0 fully saturated rings. The van der Waals surface area contributed by atoms with Gasteiger partial charge in [-0.1, -0.05) is 49.4 Å². The average Bonchev–Trinajstić information content (AvgIpc) is 2.79. The normalized spacial score (nSPS) is 11.1. The molecule has 33 heavy (non-hydrogen) atoms. The molecule has 3 aromatic carbocycles. The Morgan fingerprint density at radius 2 is 1.73 bits per heavy atom. The molecular formula is C25H28N4O3S. The first-order valence-electron chi connectivity index (χ1n) is 10.6. The Bertz CT molecular complexity index is 1250. The van der Waals surface area contributed by atoms with Gasteiger partial charge in [-0.3, -0.25) is 10.2 Å². The third-order valence-electron chi connectivity index (χ3n) is 5.12. The van der Waals surface area contributed by atoms with Gasteiger partial charge in [-0.2, -0.15) is 0 Å². The quantitative estimate of drug-likeness (QED) is 0.328. The summed E-state index contributed by atoms with van der Waals surface area (Å²) in [5, 5.41) is 10.5. The maximum absolute atomic E-state index is 12.7. The number of amides is 1.